The van der Waals surface area contributed by atoms with Crippen LogP contribution in [0.2, 0.25) is 0 Å². The summed E-state index contributed by atoms with van der Waals surface area (Å²) in [6.45, 7) is 4.02. The SMILES string of the molecule is Cc1cc(N2CC(=O)N(c3ccc(Br)c(C)c3)CC2=O)ccc1Br. The van der Waals surface area contributed by atoms with Crippen molar-refractivity contribution >= 4 is 55.0 Å². The quantitative estimate of drug-likeness (QED) is 0.686. The molecule has 1 heterocycles. The maximum Gasteiger partial charge on any atom is 0.247 e. The van der Waals surface area contributed by atoms with E-state index in [1.807, 2.05) is 50.2 Å². The molecule has 0 saturated carbocycles. The molecule has 24 heavy (non-hydrogen) atoms. The van der Waals surface area contributed by atoms with Crippen LogP contribution in [-0.2, 0) is 9.59 Å². The van der Waals surface area contributed by atoms with Gasteiger partial charge in [0.05, 0.1) is 0 Å². The first-order valence-corrected chi connectivity index (χ1v) is 9.08. The van der Waals surface area contributed by atoms with E-state index >= 15 is 0 Å². The van der Waals surface area contributed by atoms with Crippen LogP contribution in [0.3, 0.4) is 0 Å². The van der Waals surface area contributed by atoms with Crippen molar-refractivity contribution in [2.24, 2.45) is 0 Å². The van der Waals surface area contributed by atoms with Gasteiger partial charge >= 0.3 is 0 Å². The molecular weight excluding hydrogens is 436 g/mol. The summed E-state index contributed by atoms with van der Waals surface area (Å²) in [5, 5.41) is 0. The van der Waals surface area contributed by atoms with Gasteiger partial charge in [-0.3, -0.25) is 9.59 Å². The van der Waals surface area contributed by atoms with Crippen LogP contribution in [0, 0.1) is 13.8 Å². The molecular formula is C18H16Br2N2O2. The van der Waals surface area contributed by atoms with Gasteiger partial charge in [0.15, 0.2) is 0 Å². The lowest BCUT2D eigenvalue weighted by molar-refractivity contribution is -0.125. The maximum absolute atomic E-state index is 12.6. The number of amides is 2. The topological polar surface area (TPSA) is 40.6 Å². The van der Waals surface area contributed by atoms with E-state index in [1.54, 1.807) is 9.80 Å². The molecule has 0 unspecified atom stereocenters. The molecule has 0 aromatic heterocycles. The summed E-state index contributed by atoms with van der Waals surface area (Å²) in [5.41, 5.74) is 3.55. The van der Waals surface area contributed by atoms with Crippen LogP contribution in [0.1, 0.15) is 11.1 Å². The van der Waals surface area contributed by atoms with Gasteiger partial charge in [-0.15, -0.1) is 0 Å². The fourth-order valence-electron chi connectivity index (χ4n) is 2.68. The first kappa shape index (κ1) is 17.2. The monoisotopic (exact) mass is 450 g/mol. The summed E-state index contributed by atoms with van der Waals surface area (Å²) in [4.78, 5) is 28.3. The Kier molecular flexibility index (Phi) is 4.78. The highest BCUT2D eigenvalue weighted by Gasteiger charge is 2.32. The molecule has 124 valence electrons. The third kappa shape index (κ3) is 3.26. The second kappa shape index (κ2) is 6.69. The zero-order valence-corrected chi connectivity index (χ0v) is 16.5. The average molecular weight is 452 g/mol. The van der Waals surface area contributed by atoms with E-state index in [0.717, 1.165) is 31.4 Å². The van der Waals surface area contributed by atoms with Crippen LogP contribution in [0.4, 0.5) is 11.4 Å². The number of carbonyl (C=O) groups is 2. The van der Waals surface area contributed by atoms with Crippen molar-refractivity contribution in [1.82, 2.24) is 0 Å². The lowest BCUT2D eigenvalue weighted by atomic mass is 10.1. The maximum atomic E-state index is 12.6. The summed E-state index contributed by atoms with van der Waals surface area (Å²) < 4.78 is 1.96. The van der Waals surface area contributed by atoms with Crippen LogP contribution >= 0.6 is 31.9 Å². The van der Waals surface area contributed by atoms with Crippen LogP contribution in [0.5, 0.6) is 0 Å². The molecule has 1 aliphatic heterocycles. The van der Waals surface area contributed by atoms with Gasteiger partial charge < -0.3 is 9.80 Å². The average Bonchev–Trinajstić information content (AvgIpc) is 2.54. The number of halogens is 2. The Labute approximate surface area is 157 Å². The summed E-state index contributed by atoms with van der Waals surface area (Å²) in [6.07, 6.45) is 0. The van der Waals surface area contributed by atoms with Gasteiger partial charge in [-0.25, -0.2) is 0 Å². The zero-order chi connectivity index (χ0) is 17.4. The van der Waals surface area contributed by atoms with E-state index in [9.17, 15) is 9.59 Å². The molecule has 0 atom stereocenters. The number of anilines is 2. The van der Waals surface area contributed by atoms with Crippen molar-refractivity contribution in [3.8, 4) is 0 Å². The minimum Gasteiger partial charge on any atom is -0.301 e. The summed E-state index contributed by atoms with van der Waals surface area (Å²) in [7, 11) is 0. The number of carbonyl (C=O) groups excluding carboxylic acids is 2. The summed E-state index contributed by atoms with van der Waals surface area (Å²) >= 11 is 6.90. The molecule has 6 heteroatoms. The van der Waals surface area contributed by atoms with E-state index in [-0.39, 0.29) is 24.9 Å². The van der Waals surface area contributed by atoms with Crippen LogP contribution in [0.25, 0.3) is 0 Å². The highest BCUT2D eigenvalue weighted by molar-refractivity contribution is 9.10. The lowest BCUT2D eigenvalue weighted by Crippen LogP contribution is -2.54. The number of nitrogens with zero attached hydrogens (tertiary/aromatic N) is 2. The Bertz CT molecular complexity index is 766. The van der Waals surface area contributed by atoms with Gasteiger partial charge in [0.2, 0.25) is 11.8 Å². The predicted molar refractivity (Wildman–Crippen MR) is 102 cm³/mol. The zero-order valence-electron chi connectivity index (χ0n) is 13.3. The second-order valence-electron chi connectivity index (χ2n) is 5.83. The Morgan fingerprint density at radius 3 is 1.46 bits per heavy atom. The number of benzene rings is 2. The molecule has 2 aromatic carbocycles. The van der Waals surface area contributed by atoms with Crippen molar-refractivity contribution in [1.29, 1.82) is 0 Å². The first-order chi connectivity index (χ1) is 11.4. The van der Waals surface area contributed by atoms with Crippen molar-refractivity contribution in [3.05, 3.63) is 56.5 Å². The summed E-state index contributed by atoms with van der Waals surface area (Å²) in [6, 6.07) is 11.3. The van der Waals surface area contributed by atoms with Crippen molar-refractivity contribution in [3.63, 3.8) is 0 Å². The fourth-order valence-corrected chi connectivity index (χ4v) is 3.17. The predicted octanol–water partition coefficient (Wildman–Crippen LogP) is 4.21. The van der Waals surface area contributed by atoms with Gasteiger partial charge in [-0.05, 0) is 61.4 Å². The van der Waals surface area contributed by atoms with Crippen molar-refractivity contribution < 1.29 is 9.59 Å². The normalized spacial score (nSPS) is 15.2. The highest BCUT2D eigenvalue weighted by Crippen LogP contribution is 2.28. The second-order valence-corrected chi connectivity index (χ2v) is 7.54. The van der Waals surface area contributed by atoms with Crippen molar-refractivity contribution in [2.75, 3.05) is 22.9 Å². The lowest BCUT2D eigenvalue weighted by Gasteiger charge is -2.34. The summed E-state index contributed by atoms with van der Waals surface area (Å²) in [5.74, 6) is -0.172. The minimum atomic E-state index is -0.0862. The molecule has 0 aliphatic carbocycles. The third-order valence-electron chi connectivity index (χ3n) is 4.10. The molecule has 4 nitrogen and oxygen atoms in total. The molecule has 0 spiro atoms. The molecule has 0 bridgehead atoms. The number of rotatable bonds is 2. The largest absolute Gasteiger partial charge is 0.301 e. The van der Waals surface area contributed by atoms with E-state index < -0.39 is 0 Å². The molecule has 1 fully saturated rings. The molecule has 3 rings (SSSR count). The molecule has 1 aliphatic rings. The Hall–Kier alpha value is -1.66. The number of piperazine rings is 1. The Morgan fingerprint density at radius 1 is 0.750 bits per heavy atom. The van der Waals surface area contributed by atoms with Gasteiger partial charge in [0.25, 0.3) is 0 Å². The third-order valence-corrected chi connectivity index (χ3v) is 5.87. The highest BCUT2D eigenvalue weighted by atomic mass is 79.9. The van der Waals surface area contributed by atoms with Gasteiger partial charge in [-0.1, -0.05) is 31.9 Å². The molecule has 1 saturated heterocycles. The standard InChI is InChI=1S/C18H16Br2N2O2/c1-11-7-13(3-5-15(11)19)21-9-18(24)22(10-17(21)23)14-4-6-16(20)12(2)8-14/h3-8H,9-10H2,1-2H3. The first-order valence-electron chi connectivity index (χ1n) is 7.50. The molecule has 0 N–H and O–H groups in total. The van der Waals surface area contributed by atoms with Crippen molar-refractivity contribution in [2.45, 2.75) is 13.8 Å². The number of aryl methyl sites for hydroxylation is 2. The fraction of sp³-hybridized carbons (Fsp3) is 0.222. The Balaban J connectivity index is 1.86. The van der Waals surface area contributed by atoms with Crippen LogP contribution in [0.15, 0.2) is 45.3 Å². The Morgan fingerprint density at radius 2 is 1.12 bits per heavy atom. The van der Waals surface area contributed by atoms with E-state index in [2.05, 4.69) is 31.9 Å². The smallest absolute Gasteiger partial charge is 0.247 e. The van der Waals surface area contributed by atoms with Crippen LogP contribution in [-0.4, -0.2) is 24.9 Å². The molecule has 2 amide bonds. The minimum absolute atomic E-state index is 0.0506. The molecule has 0 radical (unpaired) electrons. The number of hydrogen-bond acceptors (Lipinski definition) is 2. The van der Waals surface area contributed by atoms with Gasteiger partial charge in [-0.2, -0.15) is 0 Å². The molecule has 2 aromatic rings. The van der Waals surface area contributed by atoms with E-state index in [4.69, 9.17) is 0 Å². The van der Waals surface area contributed by atoms with Gasteiger partial charge in [0.1, 0.15) is 13.1 Å². The van der Waals surface area contributed by atoms with Crippen LogP contribution < -0.4 is 9.80 Å². The number of hydrogen-bond donors (Lipinski definition) is 0. The van der Waals surface area contributed by atoms with Gasteiger partial charge in [0, 0.05) is 20.3 Å². The van der Waals surface area contributed by atoms with E-state index in [1.165, 1.54) is 0 Å². The van der Waals surface area contributed by atoms with E-state index in [0.29, 0.717) is 0 Å².